The van der Waals surface area contributed by atoms with Crippen LogP contribution in [0.3, 0.4) is 0 Å². The lowest BCUT2D eigenvalue weighted by Crippen LogP contribution is -2.37. The molecular weight excluding hydrogens is 292 g/mol. The Morgan fingerprint density at radius 2 is 2.38 bits per heavy atom. The molecule has 0 saturated carbocycles. The summed E-state index contributed by atoms with van der Waals surface area (Å²) in [5.74, 6) is 0. The molecule has 2 rings (SSSR count). The summed E-state index contributed by atoms with van der Waals surface area (Å²) in [4.78, 5) is 10.4. The first-order valence-corrected chi connectivity index (χ1v) is 6.99. The Hall–Kier alpha value is -2.06. The van der Waals surface area contributed by atoms with E-state index in [0.717, 1.165) is 19.4 Å². The predicted octanol–water partition coefficient (Wildman–Crippen LogP) is 1.57. The summed E-state index contributed by atoms with van der Waals surface area (Å²) in [5, 5.41) is 18.1. The van der Waals surface area contributed by atoms with Gasteiger partial charge in [0, 0.05) is 19.2 Å². The zero-order chi connectivity index (χ0) is 15.1. The van der Waals surface area contributed by atoms with Gasteiger partial charge < -0.3 is 10.1 Å². The molecule has 8 heteroatoms. The van der Waals surface area contributed by atoms with Crippen LogP contribution in [-0.4, -0.2) is 35.5 Å². The zero-order valence-electron chi connectivity index (χ0n) is 11.3. The number of thiocarbonyl (C=S) groups is 1. The molecule has 1 aromatic carbocycles. The van der Waals surface area contributed by atoms with Gasteiger partial charge in [0.25, 0.3) is 5.69 Å². The van der Waals surface area contributed by atoms with Crippen molar-refractivity contribution in [1.82, 2.24) is 10.7 Å². The van der Waals surface area contributed by atoms with E-state index in [1.807, 2.05) is 0 Å². The lowest BCUT2D eigenvalue weighted by atomic mass is 10.2. The average molecular weight is 308 g/mol. The van der Waals surface area contributed by atoms with Crippen LogP contribution in [0.1, 0.15) is 18.4 Å². The van der Waals surface area contributed by atoms with Crippen molar-refractivity contribution < 1.29 is 9.66 Å². The summed E-state index contributed by atoms with van der Waals surface area (Å²) in [6, 6.07) is 6.36. The standard InChI is InChI=1S/C13H16N4O3S/c18-17(19)12-6-2-1-4-10(12)8-15-16-13(21)14-9-11-5-3-7-20-11/h1-2,4,6,8,11H,3,5,7,9H2,(H2,14,16,21)/b15-8+. The largest absolute Gasteiger partial charge is 0.376 e. The fraction of sp³-hybridized carbons (Fsp3) is 0.385. The lowest BCUT2D eigenvalue weighted by Gasteiger charge is -2.11. The van der Waals surface area contributed by atoms with Gasteiger partial charge in [-0.1, -0.05) is 12.1 Å². The number of para-hydroxylation sites is 1. The topological polar surface area (TPSA) is 88.8 Å². The first-order chi connectivity index (χ1) is 10.2. The number of nitrogens with one attached hydrogen (secondary N) is 2. The molecule has 1 atom stereocenters. The third-order valence-corrected chi connectivity index (χ3v) is 3.25. The molecule has 1 aliphatic heterocycles. The normalized spacial score (nSPS) is 17.8. The van der Waals surface area contributed by atoms with E-state index in [2.05, 4.69) is 15.8 Å². The van der Waals surface area contributed by atoms with Crippen LogP contribution in [0, 0.1) is 10.1 Å². The summed E-state index contributed by atoms with van der Waals surface area (Å²) in [6.45, 7) is 1.43. The molecule has 1 heterocycles. The van der Waals surface area contributed by atoms with Crippen molar-refractivity contribution in [1.29, 1.82) is 0 Å². The summed E-state index contributed by atoms with van der Waals surface area (Å²) in [5.41, 5.74) is 3.05. The summed E-state index contributed by atoms with van der Waals surface area (Å²) in [7, 11) is 0. The molecule has 0 aliphatic carbocycles. The third-order valence-electron chi connectivity index (χ3n) is 3.02. The molecular formula is C13H16N4O3S. The van der Waals surface area contributed by atoms with Crippen LogP contribution in [-0.2, 0) is 4.74 Å². The van der Waals surface area contributed by atoms with Crippen molar-refractivity contribution in [3.05, 3.63) is 39.9 Å². The minimum atomic E-state index is -0.449. The molecule has 1 unspecified atom stereocenters. The third kappa shape index (κ3) is 4.76. The summed E-state index contributed by atoms with van der Waals surface area (Å²) < 4.78 is 5.46. The van der Waals surface area contributed by atoms with Gasteiger partial charge in [-0.3, -0.25) is 15.5 Å². The Labute approximate surface area is 127 Å². The Kier molecular flexibility index (Phi) is 5.59. The maximum Gasteiger partial charge on any atom is 0.278 e. The Bertz CT molecular complexity index is 544. The fourth-order valence-corrected chi connectivity index (χ4v) is 2.11. The first-order valence-electron chi connectivity index (χ1n) is 6.59. The van der Waals surface area contributed by atoms with Crippen molar-refractivity contribution in [3.63, 3.8) is 0 Å². The molecule has 1 aromatic rings. The number of nitro benzene ring substituents is 1. The highest BCUT2D eigenvalue weighted by molar-refractivity contribution is 7.80. The fourth-order valence-electron chi connectivity index (χ4n) is 1.97. The monoisotopic (exact) mass is 308 g/mol. The van der Waals surface area contributed by atoms with Crippen LogP contribution in [0.15, 0.2) is 29.4 Å². The SMILES string of the molecule is O=[N+]([O-])c1ccccc1/C=N/NC(=S)NCC1CCCO1. The molecule has 1 saturated heterocycles. The predicted molar refractivity (Wildman–Crippen MR) is 83.4 cm³/mol. The number of hydrazone groups is 1. The smallest absolute Gasteiger partial charge is 0.278 e. The summed E-state index contributed by atoms with van der Waals surface area (Å²) in [6.07, 6.45) is 3.65. The second kappa shape index (κ2) is 7.65. The summed E-state index contributed by atoms with van der Waals surface area (Å²) >= 11 is 5.06. The van der Waals surface area contributed by atoms with Crippen LogP contribution in [0.25, 0.3) is 0 Å². The van der Waals surface area contributed by atoms with E-state index in [-0.39, 0.29) is 11.8 Å². The van der Waals surface area contributed by atoms with E-state index in [9.17, 15) is 10.1 Å². The minimum Gasteiger partial charge on any atom is -0.376 e. The first kappa shape index (κ1) is 15.3. The number of nitro groups is 1. The second-order valence-electron chi connectivity index (χ2n) is 4.53. The number of hydrogen-bond acceptors (Lipinski definition) is 5. The van der Waals surface area contributed by atoms with Crippen LogP contribution >= 0.6 is 12.2 Å². The average Bonchev–Trinajstić information content (AvgIpc) is 2.99. The molecule has 0 spiro atoms. The van der Waals surface area contributed by atoms with Gasteiger partial charge >= 0.3 is 0 Å². The number of rotatable bonds is 5. The van der Waals surface area contributed by atoms with Gasteiger partial charge in [0.2, 0.25) is 0 Å². The minimum absolute atomic E-state index is 0.00119. The Morgan fingerprint density at radius 1 is 1.57 bits per heavy atom. The van der Waals surface area contributed by atoms with Crippen LogP contribution in [0.4, 0.5) is 5.69 Å². The van der Waals surface area contributed by atoms with Crippen molar-refractivity contribution in [2.75, 3.05) is 13.2 Å². The van der Waals surface area contributed by atoms with Gasteiger partial charge in [0.05, 0.1) is 22.8 Å². The van der Waals surface area contributed by atoms with E-state index >= 15 is 0 Å². The highest BCUT2D eigenvalue weighted by Crippen LogP contribution is 2.15. The van der Waals surface area contributed by atoms with Crippen molar-refractivity contribution in [2.45, 2.75) is 18.9 Å². The Balaban J connectivity index is 1.81. The van der Waals surface area contributed by atoms with Crippen LogP contribution < -0.4 is 10.7 Å². The van der Waals surface area contributed by atoms with Crippen LogP contribution in [0.5, 0.6) is 0 Å². The highest BCUT2D eigenvalue weighted by Gasteiger charge is 2.15. The van der Waals surface area contributed by atoms with Gasteiger partial charge in [0.15, 0.2) is 5.11 Å². The molecule has 2 N–H and O–H groups in total. The molecule has 0 radical (unpaired) electrons. The molecule has 112 valence electrons. The molecule has 1 fully saturated rings. The maximum absolute atomic E-state index is 10.8. The van der Waals surface area contributed by atoms with Gasteiger partial charge in [-0.25, -0.2) is 0 Å². The van der Waals surface area contributed by atoms with Gasteiger partial charge in [-0.05, 0) is 31.1 Å². The van der Waals surface area contributed by atoms with Gasteiger partial charge in [-0.15, -0.1) is 0 Å². The lowest BCUT2D eigenvalue weighted by molar-refractivity contribution is -0.385. The number of nitrogens with zero attached hydrogens (tertiary/aromatic N) is 2. The van der Waals surface area contributed by atoms with Crippen LogP contribution in [0.2, 0.25) is 0 Å². The van der Waals surface area contributed by atoms with Gasteiger partial charge in [-0.2, -0.15) is 5.10 Å². The molecule has 0 aromatic heterocycles. The molecule has 7 nitrogen and oxygen atoms in total. The zero-order valence-corrected chi connectivity index (χ0v) is 12.1. The second-order valence-corrected chi connectivity index (χ2v) is 4.94. The number of benzene rings is 1. The van der Waals surface area contributed by atoms with Crippen molar-refractivity contribution >= 4 is 29.2 Å². The number of ether oxygens (including phenoxy) is 1. The quantitative estimate of drug-likeness (QED) is 0.371. The van der Waals surface area contributed by atoms with Crippen molar-refractivity contribution in [3.8, 4) is 0 Å². The van der Waals surface area contributed by atoms with E-state index in [1.165, 1.54) is 12.3 Å². The van der Waals surface area contributed by atoms with E-state index in [1.54, 1.807) is 18.2 Å². The molecule has 21 heavy (non-hydrogen) atoms. The van der Waals surface area contributed by atoms with E-state index in [0.29, 0.717) is 17.2 Å². The number of hydrogen-bond donors (Lipinski definition) is 2. The van der Waals surface area contributed by atoms with E-state index < -0.39 is 4.92 Å². The van der Waals surface area contributed by atoms with Gasteiger partial charge in [0.1, 0.15) is 0 Å². The maximum atomic E-state index is 10.8. The molecule has 0 bridgehead atoms. The van der Waals surface area contributed by atoms with E-state index in [4.69, 9.17) is 17.0 Å². The highest BCUT2D eigenvalue weighted by atomic mass is 32.1. The Morgan fingerprint density at radius 3 is 3.10 bits per heavy atom. The molecule has 0 amide bonds. The van der Waals surface area contributed by atoms with Crippen molar-refractivity contribution in [2.24, 2.45) is 5.10 Å². The molecule has 1 aliphatic rings.